The fourth-order valence-corrected chi connectivity index (χ4v) is 4.55. The Morgan fingerprint density at radius 3 is 2.75 bits per heavy atom. The monoisotopic (exact) mass is 413 g/mol. The number of guanidine groups is 1. The van der Waals surface area contributed by atoms with Crippen LogP contribution in [0, 0.1) is 17.1 Å². The van der Waals surface area contributed by atoms with Gasteiger partial charge >= 0.3 is 0 Å². The second-order valence-electron chi connectivity index (χ2n) is 5.77. The predicted octanol–water partition coefficient (Wildman–Crippen LogP) is 3.08. The van der Waals surface area contributed by atoms with Crippen LogP contribution in [-0.4, -0.2) is 19.4 Å². The van der Waals surface area contributed by atoms with Crippen molar-refractivity contribution >= 4 is 33.0 Å². The molecule has 3 aromatic rings. The maximum atomic E-state index is 14.1. The van der Waals surface area contributed by atoms with Gasteiger partial charge in [0.2, 0.25) is 5.96 Å². The van der Waals surface area contributed by atoms with Crippen LogP contribution < -0.4 is 10.0 Å². The van der Waals surface area contributed by atoms with Crippen molar-refractivity contribution in [2.45, 2.75) is 11.4 Å². The number of aliphatic imine (C=N–C) groups is 1. The molecule has 2 heterocycles. The van der Waals surface area contributed by atoms with E-state index in [0.717, 1.165) is 5.01 Å². The van der Waals surface area contributed by atoms with Gasteiger partial charge in [-0.1, -0.05) is 24.3 Å². The van der Waals surface area contributed by atoms with Gasteiger partial charge in [0.15, 0.2) is 0 Å². The minimum absolute atomic E-state index is 0.00801. The number of anilines is 1. The molecule has 0 aliphatic carbocycles. The van der Waals surface area contributed by atoms with E-state index < -0.39 is 15.8 Å². The molecule has 0 atom stereocenters. The summed E-state index contributed by atoms with van der Waals surface area (Å²) in [5.41, 5.74) is 0.764. The van der Waals surface area contributed by atoms with E-state index in [4.69, 9.17) is 0 Å². The molecule has 0 unspecified atom stereocenters. The van der Waals surface area contributed by atoms with Crippen LogP contribution in [0.4, 0.5) is 10.1 Å². The van der Waals surface area contributed by atoms with E-state index in [1.54, 1.807) is 29.8 Å². The number of thiazole rings is 1. The first-order chi connectivity index (χ1) is 13.5. The van der Waals surface area contributed by atoms with Crippen LogP contribution >= 0.6 is 11.3 Å². The Morgan fingerprint density at radius 1 is 1.21 bits per heavy atom. The van der Waals surface area contributed by atoms with Crippen molar-refractivity contribution in [3.8, 4) is 17.2 Å². The predicted molar refractivity (Wildman–Crippen MR) is 104 cm³/mol. The van der Waals surface area contributed by atoms with Crippen LogP contribution in [-0.2, 0) is 16.6 Å². The number of nitrogens with zero attached hydrogens (tertiary/aromatic N) is 3. The smallest absolute Gasteiger partial charge is 0.266 e. The van der Waals surface area contributed by atoms with E-state index >= 15 is 0 Å². The Bertz CT molecular complexity index is 1230. The van der Waals surface area contributed by atoms with Gasteiger partial charge in [-0.05, 0) is 12.1 Å². The number of para-hydroxylation sites is 1. The quantitative estimate of drug-likeness (QED) is 0.686. The molecule has 0 saturated carbocycles. The van der Waals surface area contributed by atoms with Crippen molar-refractivity contribution < 1.29 is 12.8 Å². The average Bonchev–Trinajstić information content (AvgIpc) is 3.19. The van der Waals surface area contributed by atoms with E-state index in [1.165, 1.54) is 29.5 Å². The van der Waals surface area contributed by atoms with Crippen molar-refractivity contribution in [3.05, 3.63) is 64.4 Å². The van der Waals surface area contributed by atoms with Gasteiger partial charge in [0.05, 0.1) is 17.8 Å². The lowest BCUT2D eigenvalue weighted by Crippen LogP contribution is -2.41. The normalized spacial score (nSPS) is 15.9. The van der Waals surface area contributed by atoms with Crippen molar-refractivity contribution in [3.63, 3.8) is 0 Å². The number of hydrogen-bond donors (Lipinski definition) is 2. The molecule has 2 aromatic carbocycles. The van der Waals surface area contributed by atoms with E-state index in [2.05, 4.69) is 20.0 Å². The third-order valence-electron chi connectivity index (χ3n) is 4.06. The van der Waals surface area contributed by atoms with Crippen LogP contribution in [0.3, 0.4) is 0 Å². The van der Waals surface area contributed by atoms with E-state index in [-0.39, 0.29) is 28.7 Å². The number of nitrogens with one attached hydrogen (secondary N) is 2. The zero-order chi connectivity index (χ0) is 19.7. The SMILES string of the molecule is N#Cc1c(F)cccc1-c1cccc2c1NC(=NCc1nccs1)NS2(=O)=O. The molecule has 0 fully saturated rings. The van der Waals surface area contributed by atoms with E-state index in [9.17, 15) is 18.1 Å². The Kier molecular flexibility index (Phi) is 4.54. The Hall–Kier alpha value is -3.29. The minimum atomic E-state index is -3.88. The van der Waals surface area contributed by atoms with Crippen molar-refractivity contribution in [2.24, 2.45) is 4.99 Å². The Labute approximate surface area is 164 Å². The third kappa shape index (κ3) is 3.21. The number of halogens is 1. The lowest BCUT2D eigenvalue weighted by molar-refractivity contribution is 0.591. The second-order valence-corrected chi connectivity index (χ2v) is 8.40. The van der Waals surface area contributed by atoms with Gasteiger partial charge in [0.1, 0.15) is 21.8 Å². The summed E-state index contributed by atoms with van der Waals surface area (Å²) in [4.78, 5) is 8.34. The zero-order valence-electron chi connectivity index (χ0n) is 14.2. The standard InChI is InChI=1S/C18H12FN5O2S2/c19-14-5-1-3-11(13(14)9-20)12-4-2-6-15-17(12)23-18(24-28(15,25)26)22-10-16-21-7-8-27-16/h1-8H,10H2,(H2,22,23,24). The zero-order valence-corrected chi connectivity index (χ0v) is 15.8. The number of aromatic nitrogens is 1. The molecule has 0 amide bonds. The van der Waals surface area contributed by atoms with Gasteiger partial charge < -0.3 is 5.32 Å². The third-order valence-corrected chi connectivity index (χ3v) is 6.21. The summed E-state index contributed by atoms with van der Waals surface area (Å²) in [5, 5.41) is 14.8. The highest BCUT2D eigenvalue weighted by Crippen LogP contribution is 2.37. The van der Waals surface area contributed by atoms with Gasteiger partial charge in [-0.15, -0.1) is 11.3 Å². The fraction of sp³-hybridized carbons (Fsp3) is 0.0556. The van der Waals surface area contributed by atoms with E-state index in [1.807, 2.05) is 6.07 Å². The number of rotatable bonds is 3. The first-order valence-corrected chi connectivity index (χ1v) is 10.4. The second kappa shape index (κ2) is 7.03. The van der Waals surface area contributed by atoms with Gasteiger partial charge in [-0.25, -0.2) is 27.5 Å². The number of hydrogen-bond acceptors (Lipinski definition) is 6. The molecule has 7 nitrogen and oxygen atoms in total. The Balaban J connectivity index is 1.84. The molecule has 140 valence electrons. The highest BCUT2D eigenvalue weighted by Gasteiger charge is 2.29. The molecular weight excluding hydrogens is 401 g/mol. The van der Waals surface area contributed by atoms with Gasteiger partial charge in [-0.3, -0.25) is 0 Å². The number of nitriles is 1. The van der Waals surface area contributed by atoms with E-state index in [0.29, 0.717) is 11.1 Å². The molecule has 0 saturated heterocycles. The maximum Gasteiger partial charge on any atom is 0.266 e. The molecule has 1 aromatic heterocycles. The molecule has 28 heavy (non-hydrogen) atoms. The number of benzene rings is 2. The summed E-state index contributed by atoms with van der Waals surface area (Å²) in [6, 6.07) is 10.7. The summed E-state index contributed by atoms with van der Waals surface area (Å²) >= 11 is 1.40. The summed E-state index contributed by atoms with van der Waals surface area (Å²) in [6.45, 7) is 0.198. The van der Waals surface area contributed by atoms with Gasteiger partial charge in [-0.2, -0.15) is 5.26 Å². The molecule has 4 rings (SSSR count). The molecule has 0 bridgehead atoms. The van der Waals surface area contributed by atoms with Crippen LogP contribution in [0.25, 0.3) is 11.1 Å². The first-order valence-electron chi connectivity index (χ1n) is 8.04. The molecule has 2 N–H and O–H groups in total. The van der Waals surface area contributed by atoms with Gasteiger partial charge in [0.25, 0.3) is 10.0 Å². The van der Waals surface area contributed by atoms with Gasteiger partial charge in [0, 0.05) is 22.7 Å². The largest absolute Gasteiger partial charge is 0.324 e. The number of fused-ring (bicyclic) bond motifs is 1. The topological polar surface area (TPSA) is 107 Å². The van der Waals surface area contributed by atoms with Crippen molar-refractivity contribution in [2.75, 3.05) is 5.32 Å². The Morgan fingerprint density at radius 2 is 2.00 bits per heavy atom. The average molecular weight is 413 g/mol. The molecule has 0 spiro atoms. The fourth-order valence-electron chi connectivity index (χ4n) is 2.85. The molecular formula is C18H12FN5O2S2. The lowest BCUT2D eigenvalue weighted by Gasteiger charge is -2.24. The summed E-state index contributed by atoms with van der Waals surface area (Å²) < 4.78 is 41.8. The molecule has 1 aliphatic heterocycles. The van der Waals surface area contributed by atoms with Crippen LogP contribution in [0.1, 0.15) is 10.6 Å². The lowest BCUT2D eigenvalue weighted by atomic mass is 9.98. The van der Waals surface area contributed by atoms with Crippen LogP contribution in [0.15, 0.2) is 57.9 Å². The highest BCUT2D eigenvalue weighted by molar-refractivity contribution is 7.90. The summed E-state index contributed by atoms with van der Waals surface area (Å²) in [5.74, 6) is -0.642. The molecule has 10 heteroatoms. The maximum absolute atomic E-state index is 14.1. The van der Waals surface area contributed by atoms with Crippen molar-refractivity contribution in [1.29, 1.82) is 5.26 Å². The summed E-state index contributed by atoms with van der Waals surface area (Å²) in [6.07, 6.45) is 1.64. The molecule has 1 aliphatic rings. The van der Waals surface area contributed by atoms with Crippen LogP contribution in [0.5, 0.6) is 0 Å². The molecule has 0 radical (unpaired) electrons. The first kappa shape index (κ1) is 18.1. The summed E-state index contributed by atoms with van der Waals surface area (Å²) in [7, 11) is -3.88. The van der Waals surface area contributed by atoms with Crippen LogP contribution in [0.2, 0.25) is 0 Å². The number of sulfonamides is 1. The highest BCUT2D eigenvalue weighted by atomic mass is 32.2. The van der Waals surface area contributed by atoms with Crippen molar-refractivity contribution in [1.82, 2.24) is 9.71 Å². The minimum Gasteiger partial charge on any atom is -0.324 e.